The van der Waals surface area contributed by atoms with Gasteiger partial charge in [0.25, 0.3) is 0 Å². The number of carbonyl (C=O) groups excluding carboxylic acids is 2. The van der Waals surface area contributed by atoms with Crippen LogP contribution in [0.3, 0.4) is 0 Å². The van der Waals surface area contributed by atoms with E-state index in [1.165, 1.54) is 0 Å². The zero-order valence-corrected chi connectivity index (χ0v) is 11.1. The van der Waals surface area contributed by atoms with Crippen LogP contribution in [0.1, 0.15) is 30.8 Å². The van der Waals surface area contributed by atoms with Crippen LogP contribution in [-0.4, -0.2) is 34.8 Å². The molecule has 0 spiro atoms. The van der Waals surface area contributed by atoms with Crippen molar-refractivity contribution in [2.75, 3.05) is 13.1 Å². The van der Waals surface area contributed by atoms with Gasteiger partial charge in [-0.25, -0.2) is 4.98 Å². The Morgan fingerprint density at radius 2 is 2.16 bits per heavy atom. The summed E-state index contributed by atoms with van der Waals surface area (Å²) in [6, 6.07) is 0. The van der Waals surface area contributed by atoms with Crippen LogP contribution in [0.15, 0.2) is 10.7 Å². The van der Waals surface area contributed by atoms with Gasteiger partial charge in [-0.15, -0.1) is 0 Å². The quantitative estimate of drug-likeness (QED) is 0.865. The van der Waals surface area contributed by atoms with Crippen molar-refractivity contribution in [2.45, 2.75) is 32.6 Å². The maximum Gasteiger partial charge on any atom is 0.222 e. The Morgan fingerprint density at radius 3 is 2.68 bits per heavy atom. The third kappa shape index (κ3) is 3.56. The third-order valence-electron chi connectivity index (χ3n) is 3.51. The van der Waals surface area contributed by atoms with E-state index in [9.17, 15) is 9.59 Å². The normalized spacial score (nSPS) is 16.6. The van der Waals surface area contributed by atoms with E-state index in [1.807, 2.05) is 0 Å². The van der Waals surface area contributed by atoms with E-state index in [-0.39, 0.29) is 17.7 Å². The summed E-state index contributed by atoms with van der Waals surface area (Å²) in [5.74, 6) is 0.376. The predicted molar refractivity (Wildman–Crippen MR) is 68.1 cm³/mol. The van der Waals surface area contributed by atoms with Crippen LogP contribution in [0.2, 0.25) is 0 Å². The van der Waals surface area contributed by atoms with Gasteiger partial charge < -0.3 is 15.1 Å². The number of nitrogens with zero attached hydrogens (tertiary/aromatic N) is 2. The maximum absolute atomic E-state index is 12.0. The summed E-state index contributed by atoms with van der Waals surface area (Å²) in [6.07, 6.45) is 3.94. The van der Waals surface area contributed by atoms with Crippen LogP contribution in [0, 0.1) is 12.8 Å². The molecule has 0 aromatic carbocycles. The molecule has 6 heteroatoms. The Balaban J connectivity index is 1.77. The number of primary amides is 1. The number of carbonyl (C=O) groups is 2. The van der Waals surface area contributed by atoms with Crippen molar-refractivity contribution in [3.05, 3.63) is 17.8 Å². The van der Waals surface area contributed by atoms with Crippen LogP contribution in [0.5, 0.6) is 0 Å². The van der Waals surface area contributed by atoms with E-state index in [0.29, 0.717) is 44.7 Å². The molecular formula is C13H19N3O3. The second kappa shape index (κ2) is 5.86. The zero-order valence-electron chi connectivity index (χ0n) is 11.1. The van der Waals surface area contributed by atoms with Gasteiger partial charge in [-0.1, -0.05) is 0 Å². The van der Waals surface area contributed by atoms with Gasteiger partial charge >= 0.3 is 0 Å². The fourth-order valence-corrected chi connectivity index (χ4v) is 2.33. The largest absolute Gasteiger partial charge is 0.449 e. The van der Waals surface area contributed by atoms with Gasteiger partial charge in [-0.05, 0) is 12.8 Å². The van der Waals surface area contributed by atoms with Gasteiger partial charge in [0.15, 0.2) is 5.89 Å². The highest BCUT2D eigenvalue weighted by Gasteiger charge is 2.25. The van der Waals surface area contributed by atoms with Crippen molar-refractivity contribution < 1.29 is 14.0 Å². The van der Waals surface area contributed by atoms with Crippen molar-refractivity contribution in [1.82, 2.24) is 9.88 Å². The summed E-state index contributed by atoms with van der Waals surface area (Å²) >= 11 is 0. The molecule has 0 unspecified atom stereocenters. The van der Waals surface area contributed by atoms with Crippen LogP contribution in [0.4, 0.5) is 0 Å². The summed E-state index contributed by atoms with van der Waals surface area (Å²) in [7, 11) is 0. The zero-order chi connectivity index (χ0) is 13.8. The van der Waals surface area contributed by atoms with E-state index < -0.39 is 0 Å². The molecule has 1 aromatic heterocycles. The van der Waals surface area contributed by atoms with Crippen molar-refractivity contribution >= 4 is 11.8 Å². The van der Waals surface area contributed by atoms with E-state index in [1.54, 1.807) is 18.1 Å². The van der Waals surface area contributed by atoms with Crippen molar-refractivity contribution in [2.24, 2.45) is 11.7 Å². The lowest BCUT2D eigenvalue weighted by Crippen LogP contribution is -2.41. The Kier molecular flexibility index (Phi) is 4.19. The number of amides is 2. The Bertz CT molecular complexity index is 461. The number of oxazole rings is 1. The second-order valence-electron chi connectivity index (χ2n) is 4.92. The van der Waals surface area contributed by atoms with Gasteiger partial charge in [0.2, 0.25) is 11.8 Å². The summed E-state index contributed by atoms with van der Waals surface area (Å²) in [5.41, 5.74) is 6.07. The van der Waals surface area contributed by atoms with Crippen LogP contribution in [0.25, 0.3) is 0 Å². The molecule has 0 saturated carbocycles. The van der Waals surface area contributed by atoms with E-state index in [4.69, 9.17) is 10.2 Å². The summed E-state index contributed by atoms with van der Waals surface area (Å²) in [4.78, 5) is 29.0. The molecule has 0 bridgehead atoms. The third-order valence-corrected chi connectivity index (χ3v) is 3.51. The summed E-state index contributed by atoms with van der Waals surface area (Å²) < 4.78 is 5.10. The van der Waals surface area contributed by atoms with Gasteiger partial charge in [0, 0.05) is 38.8 Å². The fraction of sp³-hybridized carbons (Fsp3) is 0.615. The van der Waals surface area contributed by atoms with Crippen molar-refractivity contribution in [1.29, 1.82) is 0 Å². The highest BCUT2D eigenvalue weighted by molar-refractivity contribution is 5.78. The van der Waals surface area contributed by atoms with E-state index in [0.717, 1.165) is 5.69 Å². The molecule has 0 radical (unpaired) electrons. The van der Waals surface area contributed by atoms with Gasteiger partial charge in [-0.2, -0.15) is 0 Å². The first-order valence-corrected chi connectivity index (χ1v) is 6.54. The molecule has 1 fully saturated rings. The van der Waals surface area contributed by atoms with Crippen molar-refractivity contribution in [3.63, 3.8) is 0 Å². The molecule has 19 heavy (non-hydrogen) atoms. The summed E-state index contributed by atoms with van der Waals surface area (Å²) in [5, 5.41) is 0. The minimum atomic E-state index is -0.259. The fourth-order valence-electron chi connectivity index (χ4n) is 2.33. The summed E-state index contributed by atoms with van der Waals surface area (Å²) in [6.45, 7) is 3.01. The molecule has 6 nitrogen and oxygen atoms in total. The standard InChI is InChI=1S/C13H19N3O3/c1-9-15-11(8-19-9)2-3-12(17)16-6-4-10(5-7-16)13(14)18/h8,10H,2-7H2,1H3,(H2,14,18). The van der Waals surface area contributed by atoms with Gasteiger partial charge in [0.1, 0.15) is 6.26 Å². The molecule has 2 rings (SSSR count). The lowest BCUT2D eigenvalue weighted by atomic mass is 9.96. The SMILES string of the molecule is Cc1nc(CCC(=O)N2CCC(C(N)=O)CC2)co1. The number of piperidine rings is 1. The number of nitrogens with two attached hydrogens (primary N) is 1. The Labute approximate surface area is 112 Å². The van der Waals surface area contributed by atoms with Gasteiger partial charge in [0.05, 0.1) is 5.69 Å². The molecule has 0 atom stereocenters. The molecule has 2 heterocycles. The monoisotopic (exact) mass is 265 g/mol. The average molecular weight is 265 g/mol. The second-order valence-corrected chi connectivity index (χ2v) is 4.92. The van der Waals surface area contributed by atoms with Crippen LogP contribution < -0.4 is 5.73 Å². The lowest BCUT2D eigenvalue weighted by Gasteiger charge is -2.30. The molecule has 1 aliphatic rings. The molecule has 1 aliphatic heterocycles. The van der Waals surface area contributed by atoms with Crippen LogP contribution in [-0.2, 0) is 16.0 Å². The van der Waals surface area contributed by atoms with E-state index >= 15 is 0 Å². The van der Waals surface area contributed by atoms with Crippen LogP contribution >= 0.6 is 0 Å². The first kappa shape index (κ1) is 13.6. The number of aromatic nitrogens is 1. The average Bonchev–Trinajstić information content (AvgIpc) is 2.82. The highest BCUT2D eigenvalue weighted by atomic mass is 16.3. The van der Waals surface area contributed by atoms with E-state index in [2.05, 4.69) is 4.98 Å². The Morgan fingerprint density at radius 1 is 1.47 bits per heavy atom. The molecule has 2 N–H and O–H groups in total. The van der Waals surface area contributed by atoms with Crippen molar-refractivity contribution in [3.8, 4) is 0 Å². The Hall–Kier alpha value is -1.85. The first-order chi connectivity index (χ1) is 9.06. The first-order valence-electron chi connectivity index (χ1n) is 6.54. The minimum absolute atomic E-state index is 0.0813. The predicted octanol–water partition coefficient (Wildman–Crippen LogP) is 0.640. The maximum atomic E-state index is 12.0. The lowest BCUT2D eigenvalue weighted by molar-refractivity contribution is -0.134. The number of hydrogen-bond acceptors (Lipinski definition) is 4. The molecule has 1 aromatic rings. The smallest absolute Gasteiger partial charge is 0.222 e. The molecule has 2 amide bonds. The molecular weight excluding hydrogens is 246 g/mol. The van der Waals surface area contributed by atoms with Gasteiger partial charge in [-0.3, -0.25) is 9.59 Å². The molecule has 0 aliphatic carbocycles. The highest BCUT2D eigenvalue weighted by Crippen LogP contribution is 2.17. The number of rotatable bonds is 4. The topological polar surface area (TPSA) is 89.4 Å². The molecule has 104 valence electrons. The number of aryl methyl sites for hydroxylation is 2. The molecule has 1 saturated heterocycles. The number of hydrogen-bond donors (Lipinski definition) is 1. The minimum Gasteiger partial charge on any atom is -0.449 e. The number of likely N-dealkylation sites (tertiary alicyclic amines) is 1.